The summed E-state index contributed by atoms with van der Waals surface area (Å²) in [5.41, 5.74) is 1.63. The van der Waals surface area contributed by atoms with Gasteiger partial charge in [0, 0.05) is 18.7 Å². The zero-order valence-electron chi connectivity index (χ0n) is 12.7. The van der Waals surface area contributed by atoms with Crippen LogP contribution < -0.4 is 15.4 Å². The number of carbonyl (C=O) groups is 2. The van der Waals surface area contributed by atoms with E-state index in [1.807, 2.05) is 13.0 Å². The van der Waals surface area contributed by atoms with Gasteiger partial charge in [-0.05, 0) is 44.0 Å². The van der Waals surface area contributed by atoms with Crippen LogP contribution >= 0.6 is 0 Å². The van der Waals surface area contributed by atoms with Crippen molar-refractivity contribution in [2.45, 2.75) is 26.7 Å². The quantitative estimate of drug-likeness (QED) is 0.598. The van der Waals surface area contributed by atoms with Crippen LogP contribution in [-0.4, -0.2) is 32.3 Å². The zero-order chi connectivity index (χ0) is 15.7. The lowest BCUT2D eigenvalue weighted by molar-refractivity contribution is -0.143. The van der Waals surface area contributed by atoms with Crippen LogP contribution in [0.25, 0.3) is 0 Å². The number of benzene rings is 1. The Morgan fingerprint density at radius 3 is 2.67 bits per heavy atom. The minimum atomic E-state index is -0.299. The lowest BCUT2D eigenvalue weighted by atomic mass is 10.2. The molecule has 0 bridgehead atoms. The molecule has 0 aliphatic carbocycles. The number of carbonyl (C=O) groups excluding carboxylic acids is 2. The molecule has 0 radical (unpaired) electrons. The van der Waals surface area contributed by atoms with E-state index in [0.717, 1.165) is 17.0 Å². The monoisotopic (exact) mass is 294 g/mol. The number of nitrogens with one attached hydrogen (secondary N) is 2. The third-order valence-corrected chi connectivity index (χ3v) is 2.83. The summed E-state index contributed by atoms with van der Waals surface area (Å²) in [6.45, 7) is 4.45. The first-order chi connectivity index (χ1) is 10.1. The fourth-order valence-corrected chi connectivity index (χ4v) is 1.74. The summed E-state index contributed by atoms with van der Waals surface area (Å²) in [5.74, 6) is 0.499. The van der Waals surface area contributed by atoms with E-state index < -0.39 is 0 Å². The number of aryl methyl sites for hydroxylation is 1. The van der Waals surface area contributed by atoms with Crippen LogP contribution in [0.4, 0.5) is 10.5 Å². The van der Waals surface area contributed by atoms with E-state index in [9.17, 15) is 9.59 Å². The van der Waals surface area contributed by atoms with Crippen molar-refractivity contribution in [1.29, 1.82) is 0 Å². The van der Waals surface area contributed by atoms with Gasteiger partial charge in [-0.25, -0.2) is 4.79 Å². The minimum absolute atomic E-state index is 0.245. The maximum absolute atomic E-state index is 11.7. The van der Waals surface area contributed by atoms with Crippen molar-refractivity contribution in [2.24, 2.45) is 0 Å². The van der Waals surface area contributed by atoms with Gasteiger partial charge in [0.25, 0.3) is 0 Å². The highest BCUT2D eigenvalue weighted by atomic mass is 16.5. The molecule has 116 valence electrons. The van der Waals surface area contributed by atoms with Gasteiger partial charge in [0.2, 0.25) is 0 Å². The average molecular weight is 294 g/mol. The second-order valence-electron chi connectivity index (χ2n) is 4.47. The van der Waals surface area contributed by atoms with E-state index in [2.05, 4.69) is 10.6 Å². The van der Waals surface area contributed by atoms with E-state index in [1.54, 1.807) is 26.2 Å². The van der Waals surface area contributed by atoms with Crippen LogP contribution in [0.3, 0.4) is 0 Å². The van der Waals surface area contributed by atoms with Crippen LogP contribution in [0, 0.1) is 6.92 Å². The number of ether oxygens (including phenoxy) is 2. The van der Waals surface area contributed by atoms with E-state index in [-0.39, 0.29) is 12.0 Å². The highest BCUT2D eigenvalue weighted by Crippen LogP contribution is 2.20. The number of hydrogen-bond donors (Lipinski definition) is 2. The van der Waals surface area contributed by atoms with E-state index >= 15 is 0 Å². The molecule has 0 aromatic heterocycles. The van der Waals surface area contributed by atoms with E-state index in [1.165, 1.54) is 0 Å². The lowest BCUT2D eigenvalue weighted by Gasteiger charge is -2.11. The number of urea groups is 1. The van der Waals surface area contributed by atoms with Gasteiger partial charge in [-0.2, -0.15) is 0 Å². The number of esters is 1. The molecule has 1 aromatic carbocycles. The molecule has 0 atom stereocenters. The molecular weight excluding hydrogens is 272 g/mol. The molecule has 0 heterocycles. The third-order valence-electron chi connectivity index (χ3n) is 2.83. The van der Waals surface area contributed by atoms with E-state index in [4.69, 9.17) is 9.47 Å². The number of rotatable bonds is 7. The van der Waals surface area contributed by atoms with Crippen molar-refractivity contribution < 1.29 is 19.1 Å². The van der Waals surface area contributed by atoms with Crippen LogP contribution in [-0.2, 0) is 9.53 Å². The fourth-order valence-electron chi connectivity index (χ4n) is 1.74. The van der Waals surface area contributed by atoms with Crippen molar-refractivity contribution >= 4 is 17.7 Å². The molecule has 0 spiro atoms. The van der Waals surface area contributed by atoms with Crippen LogP contribution in [0.5, 0.6) is 5.75 Å². The molecule has 0 aliphatic rings. The van der Waals surface area contributed by atoms with Crippen molar-refractivity contribution in [3.63, 3.8) is 0 Å². The Bertz CT molecular complexity index is 489. The summed E-state index contributed by atoms with van der Waals surface area (Å²) in [6.07, 6.45) is 0.851. The normalized spacial score (nSPS) is 9.86. The van der Waals surface area contributed by atoms with Crippen molar-refractivity contribution in [3.8, 4) is 5.75 Å². The Morgan fingerprint density at radius 1 is 1.29 bits per heavy atom. The summed E-state index contributed by atoms with van der Waals surface area (Å²) in [5, 5.41) is 5.45. The predicted molar refractivity (Wildman–Crippen MR) is 80.6 cm³/mol. The molecule has 1 rings (SSSR count). The molecule has 6 heteroatoms. The summed E-state index contributed by atoms with van der Waals surface area (Å²) in [7, 11) is 1.60. The summed E-state index contributed by atoms with van der Waals surface area (Å²) < 4.78 is 9.91. The molecule has 21 heavy (non-hydrogen) atoms. The van der Waals surface area contributed by atoms with Gasteiger partial charge in [0.05, 0.1) is 13.7 Å². The van der Waals surface area contributed by atoms with Crippen LogP contribution in [0.15, 0.2) is 18.2 Å². The van der Waals surface area contributed by atoms with Crippen molar-refractivity contribution in [2.75, 3.05) is 25.6 Å². The summed E-state index contributed by atoms with van der Waals surface area (Å²) in [6, 6.07) is 5.11. The highest BCUT2D eigenvalue weighted by molar-refractivity contribution is 5.90. The smallest absolute Gasteiger partial charge is 0.319 e. The number of hydrogen-bond acceptors (Lipinski definition) is 4. The van der Waals surface area contributed by atoms with Gasteiger partial charge >= 0.3 is 12.0 Å². The molecule has 0 aliphatic heterocycles. The Labute approximate surface area is 124 Å². The molecule has 6 nitrogen and oxygen atoms in total. The number of methoxy groups -OCH3 is 1. The van der Waals surface area contributed by atoms with Crippen molar-refractivity contribution in [3.05, 3.63) is 23.8 Å². The molecule has 0 unspecified atom stereocenters. The van der Waals surface area contributed by atoms with Crippen LogP contribution in [0.2, 0.25) is 0 Å². The van der Waals surface area contributed by atoms with Gasteiger partial charge in [-0.15, -0.1) is 0 Å². The second-order valence-corrected chi connectivity index (χ2v) is 4.47. The molecule has 2 amide bonds. The zero-order valence-corrected chi connectivity index (χ0v) is 12.7. The second kappa shape index (κ2) is 8.84. The topological polar surface area (TPSA) is 76.7 Å². The van der Waals surface area contributed by atoms with Gasteiger partial charge < -0.3 is 20.1 Å². The Kier molecular flexibility index (Phi) is 7.08. The third kappa shape index (κ3) is 6.16. The standard InChI is InChI=1S/C15H22N2O4/c1-4-21-14(18)6-5-9-16-15(19)17-13-8-7-12(20-3)10-11(13)2/h7-8,10H,4-6,9H2,1-3H3,(H2,16,17,19). The molecule has 0 saturated heterocycles. The molecule has 2 N–H and O–H groups in total. The lowest BCUT2D eigenvalue weighted by Crippen LogP contribution is -2.30. The molecule has 1 aromatic rings. The fraction of sp³-hybridized carbons (Fsp3) is 0.467. The average Bonchev–Trinajstić information content (AvgIpc) is 2.46. The maximum Gasteiger partial charge on any atom is 0.319 e. The van der Waals surface area contributed by atoms with Gasteiger partial charge in [-0.1, -0.05) is 0 Å². The molecule has 0 saturated carbocycles. The molecule has 0 fully saturated rings. The predicted octanol–water partition coefficient (Wildman–Crippen LogP) is 2.47. The largest absolute Gasteiger partial charge is 0.497 e. The Morgan fingerprint density at radius 2 is 2.05 bits per heavy atom. The van der Waals surface area contributed by atoms with Crippen molar-refractivity contribution in [1.82, 2.24) is 5.32 Å². The van der Waals surface area contributed by atoms with Gasteiger partial charge in [0.1, 0.15) is 5.75 Å². The molecular formula is C15H22N2O4. The summed E-state index contributed by atoms with van der Waals surface area (Å²) in [4.78, 5) is 22.8. The van der Waals surface area contributed by atoms with Crippen LogP contribution in [0.1, 0.15) is 25.3 Å². The maximum atomic E-state index is 11.7. The first kappa shape index (κ1) is 16.8. The number of amides is 2. The Hall–Kier alpha value is -2.24. The Balaban J connectivity index is 2.32. The minimum Gasteiger partial charge on any atom is -0.497 e. The first-order valence-electron chi connectivity index (χ1n) is 6.92. The van der Waals surface area contributed by atoms with Gasteiger partial charge in [-0.3, -0.25) is 4.79 Å². The highest BCUT2D eigenvalue weighted by Gasteiger charge is 2.06. The number of anilines is 1. The first-order valence-corrected chi connectivity index (χ1v) is 6.92. The van der Waals surface area contributed by atoms with Gasteiger partial charge in [0.15, 0.2) is 0 Å². The van der Waals surface area contributed by atoms with E-state index in [0.29, 0.717) is 26.0 Å². The SMILES string of the molecule is CCOC(=O)CCCNC(=O)Nc1ccc(OC)cc1C. The summed E-state index contributed by atoms with van der Waals surface area (Å²) >= 11 is 0.